The zero-order valence-corrected chi connectivity index (χ0v) is 12.7. The molecule has 1 fully saturated rings. The Morgan fingerprint density at radius 2 is 2.05 bits per heavy atom. The van der Waals surface area contributed by atoms with E-state index < -0.39 is 10.0 Å². The number of hydrogen-bond acceptors (Lipinski definition) is 5. The Morgan fingerprint density at radius 3 is 2.63 bits per heavy atom. The summed E-state index contributed by atoms with van der Waals surface area (Å²) in [6.45, 7) is 0.458. The van der Waals surface area contributed by atoms with Crippen LogP contribution in [-0.2, 0) is 10.0 Å². The van der Waals surface area contributed by atoms with Gasteiger partial charge in [-0.25, -0.2) is 13.1 Å². The normalized spacial score (nSPS) is 19.8. The zero-order valence-electron chi connectivity index (χ0n) is 10.2. The Kier molecular flexibility index (Phi) is 5.16. The van der Waals surface area contributed by atoms with Crippen LogP contribution in [0.2, 0.25) is 0 Å². The highest BCUT2D eigenvalue weighted by atomic mass is 32.2. The number of nitriles is 1. The molecule has 19 heavy (non-hydrogen) atoms. The lowest BCUT2D eigenvalue weighted by molar-refractivity contribution is 0.581. The van der Waals surface area contributed by atoms with Crippen LogP contribution >= 0.6 is 23.5 Å². The molecule has 102 valence electrons. The Labute approximate surface area is 122 Å². The van der Waals surface area contributed by atoms with Gasteiger partial charge in [-0.3, -0.25) is 0 Å². The third kappa shape index (κ3) is 4.14. The van der Waals surface area contributed by atoms with Gasteiger partial charge >= 0.3 is 0 Å². The smallest absolute Gasteiger partial charge is 0.210 e. The van der Waals surface area contributed by atoms with E-state index in [1.165, 1.54) is 24.3 Å². The molecule has 1 aliphatic heterocycles. The zero-order chi connectivity index (χ0) is 13.7. The summed E-state index contributed by atoms with van der Waals surface area (Å²) in [5.74, 6) is 3.21. The van der Waals surface area contributed by atoms with Gasteiger partial charge in [0.25, 0.3) is 0 Å². The minimum atomic E-state index is -3.47. The Bertz CT molecular complexity index is 558. The van der Waals surface area contributed by atoms with E-state index >= 15 is 0 Å². The molecule has 1 aliphatic rings. The van der Waals surface area contributed by atoms with Gasteiger partial charge in [-0.2, -0.15) is 28.8 Å². The molecule has 2 rings (SSSR count). The van der Waals surface area contributed by atoms with Crippen LogP contribution < -0.4 is 4.72 Å². The van der Waals surface area contributed by atoms with Gasteiger partial charge in [-0.15, -0.1) is 0 Å². The van der Waals surface area contributed by atoms with Crippen LogP contribution in [-0.4, -0.2) is 37.5 Å². The molecule has 1 heterocycles. The average Bonchev–Trinajstić information content (AvgIpc) is 2.46. The lowest BCUT2D eigenvalue weighted by Crippen LogP contribution is -2.33. The molecule has 1 N–H and O–H groups in total. The van der Waals surface area contributed by atoms with Crippen molar-refractivity contribution >= 4 is 33.5 Å². The molecule has 4 nitrogen and oxygen atoms in total. The van der Waals surface area contributed by atoms with E-state index in [1.807, 2.05) is 29.6 Å². The van der Waals surface area contributed by atoms with E-state index in [2.05, 4.69) is 4.72 Å². The summed E-state index contributed by atoms with van der Waals surface area (Å²) in [6, 6.07) is 7.92. The Balaban J connectivity index is 1.99. The highest BCUT2D eigenvalue weighted by Crippen LogP contribution is 2.23. The summed E-state index contributed by atoms with van der Waals surface area (Å²) in [7, 11) is -3.47. The molecule has 1 unspecified atom stereocenters. The molecular weight excluding hydrogens is 300 g/mol. The summed E-state index contributed by atoms with van der Waals surface area (Å²) in [5, 5.41) is 9.02. The molecule has 0 radical (unpaired) electrons. The maximum Gasteiger partial charge on any atom is 0.240 e. The maximum absolute atomic E-state index is 12.1. The lowest BCUT2D eigenvalue weighted by atomic mass is 10.2. The number of nitrogens with zero attached hydrogens (tertiary/aromatic N) is 1. The Morgan fingerprint density at radius 1 is 1.32 bits per heavy atom. The van der Waals surface area contributed by atoms with Crippen LogP contribution in [0.25, 0.3) is 0 Å². The second-order valence-electron chi connectivity index (χ2n) is 4.06. The molecule has 1 saturated heterocycles. The first-order valence-corrected chi connectivity index (χ1v) is 9.49. The SMILES string of the molecule is N#Cc1ccc(S(=O)(=O)NCC2CSCCS2)cc1. The predicted octanol–water partition coefficient (Wildman–Crippen LogP) is 1.69. The first-order chi connectivity index (χ1) is 9.12. The topological polar surface area (TPSA) is 70.0 Å². The van der Waals surface area contributed by atoms with Crippen molar-refractivity contribution in [2.24, 2.45) is 0 Å². The largest absolute Gasteiger partial charge is 0.240 e. The van der Waals surface area contributed by atoms with E-state index in [0.717, 1.165) is 17.3 Å². The van der Waals surface area contributed by atoms with Gasteiger partial charge in [0.2, 0.25) is 10.0 Å². The summed E-state index contributed by atoms with van der Waals surface area (Å²) in [6.07, 6.45) is 0. The molecule has 0 amide bonds. The first kappa shape index (κ1) is 14.7. The van der Waals surface area contributed by atoms with Crippen molar-refractivity contribution in [3.05, 3.63) is 29.8 Å². The third-order valence-electron chi connectivity index (χ3n) is 2.68. The van der Waals surface area contributed by atoms with Crippen molar-refractivity contribution in [1.29, 1.82) is 5.26 Å². The predicted molar refractivity (Wildman–Crippen MR) is 79.9 cm³/mol. The van der Waals surface area contributed by atoms with Crippen molar-refractivity contribution in [3.63, 3.8) is 0 Å². The van der Waals surface area contributed by atoms with Gasteiger partial charge in [0.15, 0.2) is 0 Å². The fourth-order valence-corrected chi connectivity index (χ4v) is 5.45. The molecular formula is C12H14N2O2S3. The first-order valence-electron chi connectivity index (χ1n) is 5.81. The highest BCUT2D eigenvalue weighted by molar-refractivity contribution is 8.06. The fraction of sp³-hybridized carbons (Fsp3) is 0.417. The Hall–Kier alpha value is -0.680. The monoisotopic (exact) mass is 314 g/mol. The van der Waals surface area contributed by atoms with Crippen molar-refractivity contribution in [2.75, 3.05) is 23.8 Å². The van der Waals surface area contributed by atoms with Crippen molar-refractivity contribution < 1.29 is 8.42 Å². The molecule has 0 bridgehead atoms. The van der Waals surface area contributed by atoms with Crippen LogP contribution in [0, 0.1) is 11.3 Å². The lowest BCUT2D eigenvalue weighted by Gasteiger charge is -2.21. The molecule has 0 saturated carbocycles. The minimum absolute atomic E-state index is 0.208. The second-order valence-corrected chi connectivity index (χ2v) is 8.38. The molecule has 0 aliphatic carbocycles. The number of nitrogens with one attached hydrogen (secondary N) is 1. The van der Waals surface area contributed by atoms with Crippen molar-refractivity contribution in [1.82, 2.24) is 4.72 Å². The number of sulfonamides is 1. The summed E-state index contributed by atoms with van der Waals surface area (Å²) in [5.41, 5.74) is 0.457. The highest BCUT2D eigenvalue weighted by Gasteiger charge is 2.19. The van der Waals surface area contributed by atoms with Crippen LogP contribution in [0.5, 0.6) is 0 Å². The fourth-order valence-electron chi connectivity index (χ4n) is 1.65. The van der Waals surface area contributed by atoms with Crippen LogP contribution in [0.15, 0.2) is 29.2 Å². The average molecular weight is 314 g/mol. The summed E-state index contributed by atoms with van der Waals surface area (Å²) >= 11 is 3.68. The van der Waals surface area contributed by atoms with E-state index in [9.17, 15) is 8.42 Å². The number of thioether (sulfide) groups is 2. The number of rotatable bonds is 4. The van der Waals surface area contributed by atoms with Gasteiger partial charge < -0.3 is 0 Å². The molecule has 1 aromatic carbocycles. The van der Waals surface area contributed by atoms with E-state index in [1.54, 1.807) is 0 Å². The summed E-state index contributed by atoms with van der Waals surface area (Å²) in [4.78, 5) is 0.208. The second kappa shape index (κ2) is 6.66. The van der Waals surface area contributed by atoms with Crippen molar-refractivity contribution in [2.45, 2.75) is 10.1 Å². The quantitative estimate of drug-likeness (QED) is 0.916. The maximum atomic E-state index is 12.1. The van der Waals surface area contributed by atoms with E-state index in [4.69, 9.17) is 5.26 Å². The van der Waals surface area contributed by atoms with Gasteiger partial charge in [-0.05, 0) is 24.3 Å². The minimum Gasteiger partial charge on any atom is -0.210 e. The van der Waals surface area contributed by atoms with Gasteiger partial charge in [-0.1, -0.05) is 0 Å². The van der Waals surface area contributed by atoms with Gasteiger partial charge in [0, 0.05) is 29.1 Å². The van der Waals surface area contributed by atoms with Gasteiger partial charge in [0.1, 0.15) is 0 Å². The number of benzene rings is 1. The van der Waals surface area contributed by atoms with Crippen LogP contribution in [0.1, 0.15) is 5.56 Å². The molecule has 7 heteroatoms. The molecule has 0 aromatic heterocycles. The van der Waals surface area contributed by atoms with Crippen molar-refractivity contribution in [3.8, 4) is 6.07 Å². The molecule has 1 aromatic rings. The number of hydrogen-bond donors (Lipinski definition) is 1. The van der Waals surface area contributed by atoms with E-state index in [-0.39, 0.29) is 4.90 Å². The molecule has 0 spiro atoms. The van der Waals surface area contributed by atoms with E-state index in [0.29, 0.717) is 17.4 Å². The van der Waals surface area contributed by atoms with Gasteiger partial charge in [0.05, 0.1) is 16.5 Å². The van der Waals surface area contributed by atoms with Crippen LogP contribution in [0.3, 0.4) is 0 Å². The third-order valence-corrected chi connectivity index (χ3v) is 6.96. The molecule has 1 atom stereocenters. The van der Waals surface area contributed by atoms with Crippen LogP contribution in [0.4, 0.5) is 0 Å². The summed E-state index contributed by atoms with van der Waals surface area (Å²) < 4.78 is 26.8. The standard InChI is InChI=1S/C12H14N2O2S3/c13-7-10-1-3-12(4-2-10)19(15,16)14-8-11-9-17-5-6-18-11/h1-4,11,14H,5-6,8-9H2.